The molecule has 3 unspecified atom stereocenters. The van der Waals surface area contributed by atoms with E-state index in [-0.39, 0.29) is 47.5 Å². The van der Waals surface area contributed by atoms with Crippen LogP contribution in [0.25, 0.3) is 0 Å². The molecular weight excluding hydrogens is 500 g/mol. The van der Waals surface area contributed by atoms with Crippen LogP contribution in [0.15, 0.2) is 25.3 Å². The van der Waals surface area contributed by atoms with Gasteiger partial charge >= 0.3 is 5.97 Å². The molecule has 7 nitrogen and oxygen atoms in total. The smallest absolute Gasteiger partial charge is 0.311 e. The van der Waals surface area contributed by atoms with Crippen molar-refractivity contribution in [3.05, 3.63) is 25.3 Å². The van der Waals surface area contributed by atoms with Crippen molar-refractivity contribution in [1.82, 2.24) is 9.80 Å². The van der Waals surface area contributed by atoms with Crippen LogP contribution < -0.4 is 0 Å². The van der Waals surface area contributed by atoms with E-state index in [4.69, 9.17) is 4.74 Å². The number of aliphatic hydroxyl groups excluding tert-OH is 1. The summed E-state index contributed by atoms with van der Waals surface area (Å²) in [5.74, 6) is -2.07. The van der Waals surface area contributed by atoms with Crippen LogP contribution in [-0.2, 0) is 19.1 Å². The molecule has 3 heterocycles. The zero-order chi connectivity index (χ0) is 28.8. The Bertz CT molecular complexity index is 957. The molecule has 3 fully saturated rings. The zero-order valence-electron chi connectivity index (χ0n) is 24.5. The number of hydrogen-bond acceptors (Lipinski definition) is 6. The van der Waals surface area contributed by atoms with Gasteiger partial charge < -0.3 is 19.6 Å². The Balaban J connectivity index is 2.18. The van der Waals surface area contributed by atoms with Gasteiger partial charge in [-0.15, -0.1) is 18.3 Å². The number of likely N-dealkylation sites (tertiary alicyclic amines) is 1. The molecular formula is C30H48N2O5S. The van der Waals surface area contributed by atoms with E-state index in [2.05, 4.69) is 54.7 Å². The van der Waals surface area contributed by atoms with Gasteiger partial charge in [0.2, 0.25) is 11.8 Å². The summed E-state index contributed by atoms with van der Waals surface area (Å²) < 4.78 is 4.71. The van der Waals surface area contributed by atoms with Crippen LogP contribution in [0.3, 0.4) is 0 Å². The Hall–Kier alpha value is -1.80. The summed E-state index contributed by atoms with van der Waals surface area (Å²) in [5.41, 5.74) is -0.541. The average Bonchev–Trinajstić information content (AvgIpc) is 3.38. The second kappa shape index (κ2) is 11.0. The lowest BCUT2D eigenvalue weighted by molar-refractivity contribution is -0.154. The van der Waals surface area contributed by atoms with Gasteiger partial charge in [0.15, 0.2) is 0 Å². The number of nitrogens with zero attached hydrogens (tertiary/aromatic N) is 2. The molecule has 3 rings (SSSR count). The number of thioether (sulfide) groups is 1. The van der Waals surface area contributed by atoms with E-state index < -0.39 is 40.2 Å². The molecule has 3 saturated heterocycles. The summed E-state index contributed by atoms with van der Waals surface area (Å²) in [4.78, 5) is 46.0. The maximum Gasteiger partial charge on any atom is 0.311 e. The van der Waals surface area contributed by atoms with Gasteiger partial charge in [0.1, 0.15) is 12.6 Å². The van der Waals surface area contributed by atoms with Crippen molar-refractivity contribution < 1.29 is 24.2 Å². The molecule has 0 saturated carbocycles. The highest BCUT2D eigenvalue weighted by Crippen LogP contribution is 2.69. The van der Waals surface area contributed by atoms with Gasteiger partial charge in [-0.2, -0.15) is 0 Å². The van der Waals surface area contributed by atoms with Gasteiger partial charge in [-0.1, -0.05) is 60.3 Å². The standard InChI is InChI=1S/C30H48N2O5S/c1-11-13-31(29(9,10)17-28(6,7)8)26(35)24-30-19(5)15-21(38-30)22(27(36)37-14-12-2)23(30)25(34)32(24)20(16-33)18(3)4/h11-12,18-24,33H,1-2,13-17H2,3-10H3/t19?,20-,21+,22-,23-,24?,30?/m0/s1. The minimum absolute atomic E-state index is 0.0331. The number of amides is 2. The van der Waals surface area contributed by atoms with Crippen molar-refractivity contribution >= 4 is 29.5 Å². The summed E-state index contributed by atoms with van der Waals surface area (Å²) in [6.07, 6.45) is 4.75. The molecule has 0 aromatic carbocycles. The molecule has 0 aliphatic carbocycles. The highest BCUT2D eigenvalue weighted by molar-refractivity contribution is 8.02. The summed E-state index contributed by atoms with van der Waals surface area (Å²) in [7, 11) is 0. The number of hydrogen-bond donors (Lipinski definition) is 1. The number of rotatable bonds is 11. The number of carbonyl (C=O) groups excluding carboxylic acids is 3. The first-order valence-electron chi connectivity index (χ1n) is 13.9. The lowest BCUT2D eigenvalue weighted by Crippen LogP contribution is -2.63. The summed E-state index contributed by atoms with van der Waals surface area (Å²) in [5, 5.41) is 10.4. The SMILES string of the molecule is C=CCOC(=O)[C@@H]1[C@H]2C(=O)N([C@@H](CO)C(C)C)C(C(=O)N(CC=C)C(C)(C)CC(C)(C)C)C23S[C@@H]1CC3C. The van der Waals surface area contributed by atoms with Crippen molar-refractivity contribution in [3.8, 4) is 0 Å². The first-order valence-corrected chi connectivity index (χ1v) is 14.8. The second-order valence-corrected chi connectivity index (χ2v) is 15.0. The molecule has 0 aromatic rings. The molecule has 8 heteroatoms. The zero-order valence-corrected chi connectivity index (χ0v) is 25.3. The van der Waals surface area contributed by atoms with E-state index >= 15 is 0 Å². The van der Waals surface area contributed by atoms with Crippen LogP contribution in [0.5, 0.6) is 0 Å². The first-order chi connectivity index (χ1) is 17.6. The van der Waals surface area contributed by atoms with Gasteiger partial charge in [0, 0.05) is 17.3 Å². The normalized spacial score (nSPS) is 31.4. The van der Waals surface area contributed by atoms with Gasteiger partial charge in [0.05, 0.1) is 29.2 Å². The highest BCUT2D eigenvalue weighted by atomic mass is 32.2. The molecule has 214 valence electrons. The minimum atomic E-state index is -0.791. The van der Waals surface area contributed by atoms with Crippen molar-refractivity contribution in [3.63, 3.8) is 0 Å². The van der Waals surface area contributed by atoms with E-state index in [1.54, 1.807) is 22.7 Å². The van der Waals surface area contributed by atoms with Crippen LogP contribution in [-0.4, -0.2) is 80.1 Å². The highest BCUT2D eigenvalue weighted by Gasteiger charge is 2.77. The van der Waals surface area contributed by atoms with Crippen molar-refractivity contribution in [1.29, 1.82) is 0 Å². The maximum absolute atomic E-state index is 14.8. The van der Waals surface area contributed by atoms with Gasteiger partial charge in [-0.3, -0.25) is 14.4 Å². The van der Waals surface area contributed by atoms with Crippen LogP contribution >= 0.6 is 11.8 Å². The Morgan fingerprint density at radius 2 is 1.87 bits per heavy atom. The van der Waals surface area contributed by atoms with Crippen LogP contribution in [0.4, 0.5) is 0 Å². The summed E-state index contributed by atoms with van der Waals surface area (Å²) >= 11 is 1.63. The quantitative estimate of drug-likeness (QED) is 0.306. The predicted molar refractivity (Wildman–Crippen MR) is 152 cm³/mol. The number of esters is 1. The van der Waals surface area contributed by atoms with E-state index in [9.17, 15) is 19.5 Å². The Morgan fingerprint density at radius 3 is 2.37 bits per heavy atom. The number of fused-ring (bicyclic) bond motifs is 1. The second-order valence-electron chi connectivity index (χ2n) is 13.5. The number of ether oxygens (including phenoxy) is 1. The fraction of sp³-hybridized carbons (Fsp3) is 0.767. The summed E-state index contributed by atoms with van der Waals surface area (Å²) in [6.45, 7) is 24.4. The first kappa shape index (κ1) is 30.7. The third-order valence-corrected chi connectivity index (χ3v) is 10.7. The fourth-order valence-corrected chi connectivity index (χ4v) is 9.92. The van der Waals surface area contributed by atoms with Crippen molar-refractivity contribution in [2.75, 3.05) is 19.8 Å². The van der Waals surface area contributed by atoms with Crippen LogP contribution in [0.2, 0.25) is 0 Å². The Kier molecular flexibility index (Phi) is 8.89. The Labute approximate surface area is 233 Å². The van der Waals surface area contributed by atoms with Gasteiger partial charge in [-0.05, 0) is 43.9 Å². The monoisotopic (exact) mass is 548 g/mol. The molecule has 0 radical (unpaired) electrons. The average molecular weight is 549 g/mol. The molecule has 2 bridgehead atoms. The molecule has 1 spiro atoms. The van der Waals surface area contributed by atoms with E-state index in [0.717, 1.165) is 12.8 Å². The van der Waals surface area contributed by atoms with Gasteiger partial charge in [0.25, 0.3) is 0 Å². The summed E-state index contributed by atoms with van der Waals surface area (Å²) in [6, 6.07) is -1.33. The van der Waals surface area contributed by atoms with Crippen molar-refractivity contribution in [2.24, 2.45) is 29.1 Å². The van der Waals surface area contributed by atoms with E-state index in [1.807, 2.05) is 18.7 Å². The molecule has 2 amide bonds. The Morgan fingerprint density at radius 1 is 1.24 bits per heavy atom. The van der Waals surface area contributed by atoms with Crippen molar-refractivity contribution in [2.45, 2.75) is 95.9 Å². The third-order valence-electron chi connectivity index (χ3n) is 8.62. The van der Waals surface area contributed by atoms with E-state index in [0.29, 0.717) is 6.54 Å². The number of aliphatic hydroxyl groups is 1. The molecule has 0 aromatic heterocycles. The van der Waals surface area contributed by atoms with Crippen LogP contribution in [0.1, 0.15) is 68.2 Å². The molecule has 7 atom stereocenters. The maximum atomic E-state index is 14.8. The molecule has 38 heavy (non-hydrogen) atoms. The lowest BCUT2D eigenvalue weighted by Gasteiger charge is -2.48. The molecule has 3 aliphatic heterocycles. The lowest BCUT2D eigenvalue weighted by atomic mass is 9.66. The van der Waals surface area contributed by atoms with E-state index in [1.165, 1.54) is 6.08 Å². The number of carbonyl (C=O) groups is 3. The minimum Gasteiger partial charge on any atom is -0.461 e. The predicted octanol–water partition coefficient (Wildman–Crippen LogP) is 4.30. The fourth-order valence-electron chi connectivity index (χ4n) is 7.53. The van der Waals surface area contributed by atoms with Gasteiger partial charge in [-0.25, -0.2) is 0 Å². The molecule has 1 N–H and O–H groups in total. The third kappa shape index (κ3) is 5.07. The van der Waals surface area contributed by atoms with Crippen LogP contribution in [0, 0.1) is 29.1 Å². The largest absolute Gasteiger partial charge is 0.461 e. The molecule has 3 aliphatic rings. The topological polar surface area (TPSA) is 87.1 Å².